The largest absolute Gasteiger partial charge is 0.458 e. The molecule has 4 N–H and O–H groups in total. The maximum Gasteiger partial charge on any atom is 0.254 e. The molecule has 39 heavy (non-hydrogen) atoms. The van der Waals surface area contributed by atoms with Crippen molar-refractivity contribution in [1.82, 2.24) is 19.6 Å². The molecule has 1 spiro atoms. The highest BCUT2D eigenvalue weighted by atomic mass is 16.5. The average molecular weight is 531 g/mol. The first kappa shape index (κ1) is 26.7. The van der Waals surface area contributed by atoms with E-state index in [4.69, 9.17) is 21.3 Å². The fourth-order valence-corrected chi connectivity index (χ4v) is 6.09. The molecule has 2 aliphatic carbocycles. The molecule has 0 bridgehead atoms. The van der Waals surface area contributed by atoms with Gasteiger partial charge < -0.3 is 26.0 Å². The summed E-state index contributed by atoms with van der Waals surface area (Å²) >= 11 is 0. The van der Waals surface area contributed by atoms with Gasteiger partial charge in [-0.2, -0.15) is 5.10 Å². The smallest absolute Gasteiger partial charge is 0.254 e. The second kappa shape index (κ2) is 10.7. The molecular weight excluding hydrogens is 492 g/mol. The summed E-state index contributed by atoms with van der Waals surface area (Å²) in [6.07, 6.45) is 12.2. The van der Waals surface area contributed by atoms with Crippen LogP contribution in [0.25, 0.3) is 0 Å². The number of anilines is 1. The summed E-state index contributed by atoms with van der Waals surface area (Å²) in [7, 11) is 3.95. The summed E-state index contributed by atoms with van der Waals surface area (Å²) in [5.74, 6) is 1.21. The molecule has 1 aliphatic heterocycles. The highest BCUT2D eigenvalue weighted by molar-refractivity contribution is 5.98. The van der Waals surface area contributed by atoms with Gasteiger partial charge in [0.2, 0.25) is 5.91 Å². The van der Waals surface area contributed by atoms with Crippen LogP contribution in [-0.4, -0.2) is 65.1 Å². The number of ether oxygens (including phenoxy) is 1. The van der Waals surface area contributed by atoms with Crippen LogP contribution in [0, 0.1) is 11.3 Å². The predicted molar refractivity (Wildman–Crippen MR) is 151 cm³/mol. The van der Waals surface area contributed by atoms with Crippen molar-refractivity contribution in [2.45, 2.75) is 38.1 Å². The zero-order chi connectivity index (χ0) is 27.7. The van der Waals surface area contributed by atoms with Crippen LogP contribution in [0.3, 0.4) is 0 Å². The molecule has 1 aromatic carbocycles. The maximum atomic E-state index is 12.6. The minimum Gasteiger partial charge on any atom is -0.458 e. The van der Waals surface area contributed by atoms with Gasteiger partial charge in [0.1, 0.15) is 22.9 Å². The first-order valence-corrected chi connectivity index (χ1v) is 13.6. The van der Waals surface area contributed by atoms with E-state index in [2.05, 4.69) is 6.92 Å². The minimum absolute atomic E-state index is 0.0252. The highest BCUT2D eigenvalue weighted by Gasteiger charge is 2.51. The molecular formula is C30H38N6O3. The van der Waals surface area contributed by atoms with Crippen molar-refractivity contribution in [1.29, 1.82) is 0 Å². The third kappa shape index (κ3) is 5.49. The van der Waals surface area contributed by atoms with Gasteiger partial charge in [0, 0.05) is 31.6 Å². The van der Waals surface area contributed by atoms with Gasteiger partial charge in [0.05, 0.1) is 11.7 Å². The summed E-state index contributed by atoms with van der Waals surface area (Å²) in [5.41, 5.74) is 13.3. The molecule has 9 heteroatoms. The third-order valence-electron chi connectivity index (χ3n) is 8.14. The van der Waals surface area contributed by atoms with E-state index in [1.807, 2.05) is 78.5 Å². The van der Waals surface area contributed by atoms with Crippen LogP contribution in [-0.2, 0) is 4.79 Å². The van der Waals surface area contributed by atoms with Crippen LogP contribution in [0.4, 0.5) is 5.82 Å². The van der Waals surface area contributed by atoms with Gasteiger partial charge in [0.25, 0.3) is 5.91 Å². The van der Waals surface area contributed by atoms with Crippen LogP contribution in [0.2, 0.25) is 0 Å². The second-order valence-corrected chi connectivity index (χ2v) is 11.4. The lowest BCUT2D eigenvalue weighted by atomic mass is 9.65. The highest BCUT2D eigenvalue weighted by Crippen LogP contribution is 2.55. The van der Waals surface area contributed by atoms with Crippen LogP contribution in [0.1, 0.15) is 54.2 Å². The van der Waals surface area contributed by atoms with E-state index in [9.17, 15) is 9.59 Å². The number of likely N-dealkylation sites (N-methyl/N-ethyl adjacent to an activating group) is 1. The summed E-state index contributed by atoms with van der Waals surface area (Å²) in [6, 6.07) is 9.69. The Morgan fingerprint density at radius 2 is 1.97 bits per heavy atom. The second-order valence-electron chi connectivity index (χ2n) is 11.4. The van der Waals surface area contributed by atoms with Gasteiger partial charge in [-0.1, -0.05) is 37.3 Å². The lowest BCUT2D eigenvalue weighted by Gasteiger charge is -2.45. The van der Waals surface area contributed by atoms with E-state index in [1.54, 1.807) is 10.8 Å². The molecule has 0 radical (unpaired) electrons. The SMILES string of the molecule is CC1C=C(Oc2ccccc2)C=CC1c1nn(C2CC3(CCN(C(=O)/C=C/CN(C)C)C3)C2)c(N)c1C(N)=O. The molecule has 9 nitrogen and oxygen atoms in total. The Balaban J connectivity index is 1.27. The number of hydrogen-bond acceptors (Lipinski definition) is 6. The van der Waals surface area contributed by atoms with Gasteiger partial charge in [0.15, 0.2) is 0 Å². The molecule has 3 aliphatic rings. The van der Waals surface area contributed by atoms with Crippen molar-refractivity contribution in [2.75, 3.05) is 39.5 Å². The number of benzene rings is 1. The molecule has 2 unspecified atom stereocenters. The Morgan fingerprint density at radius 1 is 1.23 bits per heavy atom. The standard InChI is InChI=1S/C30H38N6O3/c1-20-16-23(39-22-8-5-4-6-9-22)11-12-24(20)27-26(29(32)38)28(31)36(33-27)21-17-30(18-21)13-15-35(19-30)25(37)10-7-14-34(2)3/h4-12,16,20-21,24H,13-15,17-19,31H2,1-3H3,(H2,32,38)/b10-7+. The van der Waals surface area contributed by atoms with E-state index in [1.165, 1.54) is 0 Å². The Kier molecular flexibility index (Phi) is 7.36. The van der Waals surface area contributed by atoms with Gasteiger partial charge in [-0.25, -0.2) is 4.68 Å². The fraction of sp³-hybridized carbons (Fsp3) is 0.433. The minimum atomic E-state index is -0.569. The zero-order valence-corrected chi connectivity index (χ0v) is 22.9. The van der Waals surface area contributed by atoms with Crippen molar-refractivity contribution in [3.8, 4) is 5.75 Å². The third-order valence-corrected chi connectivity index (χ3v) is 8.14. The van der Waals surface area contributed by atoms with Crippen molar-refractivity contribution in [3.63, 3.8) is 0 Å². The first-order chi connectivity index (χ1) is 18.7. The first-order valence-electron chi connectivity index (χ1n) is 13.6. The van der Waals surface area contributed by atoms with Crippen molar-refractivity contribution in [2.24, 2.45) is 17.1 Å². The number of carbonyl (C=O) groups excluding carboxylic acids is 2. The zero-order valence-electron chi connectivity index (χ0n) is 22.9. The van der Waals surface area contributed by atoms with Crippen LogP contribution in [0.15, 0.2) is 66.5 Å². The Bertz CT molecular complexity index is 1320. The number of nitrogens with two attached hydrogens (primary N) is 2. The van der Waals surface area contributed by atoms with Crippen LogP contribution in [0.5, 0.6) is 5.75 Å². The number of allylic oxidation sites excluding steroid dienone is 3. The summed E-state index contributed by atoms with van der Waals surface area (Å²) in [4.78, 5) is 29.1. The number of amides is 2. The molecule has 1 saturated heterocycles. The Morgan fingerprint density at radius 3 is 2.64 bits per heavy atom. The molecule has 206 valence electrons. The Labute approximate surface area is 229 Å². The van der Waals surface area contributed by atoms with Crippen molar-refractivity contribution < 1.29 is 14.3 Å². The van der Waals surface area contributed by atoms with Crippen LogP contribution < -0.4 is 16.2 Å². The van der Waals surface area contributed by atoms with Gasteiger partial charge in [-0.3, -0.25) is 9.59 Å². The molecule has 2 aromatic rings. The van der Waals surface area contributed by atoms with Gasteiger partial charge in [-0.05, 0) is 69.0 Å². The molecule has 1 saturated carbocycles. The average Bonchev–Trinajstić information content (AvgIpc) is 3.46. The lowest BCUT2D eigenvalue weighted by Crippen LogP contribution is -2.42. The number of aromatic nitrogens is 2. The summed E-state index contributed by atoms with van der Waals surface area (Å²) in [5, 5.41) is 4.87. The number of likely N-dealkylation sites (tertiary alicyclic amines) is 1. The van der Waals surface area contributed by atoms with E-state index < -0.39 is 5.91 Å². The van der Waals surface area contributed by atoms with E-state index in [-0.39, 0.29) is 29.2 Å². The number of nitrogen functional groups attached to an aromatic ring is 1. The number of carbonyl (C=O) groups is 2. The molecule has 5 rings (SSSR count). The van der Waals surface area contributed by atoms with E-state index in [0.717, 1.165) is 50.4 Å². The number of para-hydroxylation sites is 1. The van der Waals surface area contributed by atoms with Crippen molar-refractivity contribution >= 4 is 17.6 Å². The normalized spacial score (nSPS) is 26.3. The van der Waals surface area contributed by atoms with E-state index in [0.29, 0.717) is 17.1 Å². The molecule has 1 aromatic heterocycles. The number of hydrogen-bond donors (Lipinski definition) is 2. The fourth-order valence-electron chi connectivity index (χ4n) is 6.09. The molecule has 2 fully saturated rings. The summed E-state index contributed by atoms with van der Waals surface area (Å²) in [6.45, 7) is 4.30. The van der Waals surface area contributed by atoms with Crippen molar-refractivity contribution in [3.05, 3.63) is 77.7 Å². The maximum absolute atomic E-state index is 12.6. The topological polar surface area (TPSA) is 120 Å². The van der Waals surface area contributed by atoms with Crippen LogP contribution >= 0.6 is 0 Å². The van der Waals surface area contributed by atoms with Gasteiger partial charge >= 0.3 is 0 Å². The quantitative estimate of drug-likeness (QED) is 0.504. The summed E-state index contributed by atoms with van der Waals surface area (Å²) < 4.78 is 7.78. The lowest BCUT2D eigenvalue weighted by molar-refractivity contribution is -0.125. The number of rotatable bonds is 8. The molecule has 2 atom stereocenters. The monoisotopic (exact) mass is 530 g/mol. The van der Waals surface area contributed by atoms with E-state index >= 15 is 0 Å². The van der Waals surface area contributed by atoms with Gasteiger partial charge in [-0.15, -0.1) is 0 Å². The number of primary amides is 1. The Hall–Kier alpha value is -3.85. The molecule has 2 amide bonds. The predicted octanol–water partition coefficient (Wildman–Crippen LogP) is 3.49. The molecule has 2 heterocycles. The number of nitrogens with zero attached hydrogens (tertiary/aromatic N) is 4.